The normalized spacial score (nSPS) is 12.8. The average Bonchev–Trinajstić information content (AvgIpc) is 4.04. The van der Waals surface area contributed by atoms with E-state index in [1.54, 1.807) is 0 Å². The van der Waals surface area contributed by atoms with Gasteiger partial charge in [-0.3, -0.25) is 9.13 Å². The van der Waals surface area contributed by atoms with Gasteiger partial charge in [-0.1, -0.05) is 174 Å². The highest BCUT2D eigenvalue weighted by molar-refractivity contribution is 6.12. The topological polar surface area (TPSA) is 81.9 Å². The molecule has 0 unspecified atom stereocenters. The molecule has 0 aliphatic heterocycles. The Balaban J connectivity index is 1.21. The lowest BCUT2D eigenvalue weighted by Gasteiger charge is -2.28. The molecule has 11 aromatic rings. The monoisotopic (exact) mass is 945 g/mol. The van der Waals surface area contributed by atoms with Crippen molar-refractivity contribution in [3.05, 3.63) is 180 Å². The molecule has 0 aliphatic carbocycles. The summed E-state index contributed by atoms with van der Waals surface area (Å²) < 4.78 is 11.0. The molecular weight excluding hydrogens is 883 g/mol. The number of phenols is 1. The third kappa shape index (κ3) is 8.05. The van der Waals surface area contributed by atoms with Crippen molar-refractivity contribution in [3.8, 4) is 62.5 Å². The number of phenolic OH excluding ortho intramolecular Hbond substituents is 1. The van der Waals surface area contributed by atoms with Crippen LogP contribution in [-0.4, -0.2) is 29.2 Å². The van der Waals surface area contributed by atoms with E-state index < -0.39 is 0 Å². The van der Waals surface area contributed by atoms with Gasteiger partial charge < -0.3 is 9.52 Å². The van der Waals surface area contributed by atoms with Crippen molar-refractivity contribution in [1.29, 1.82) is 0 Å². The maximum atomic E-state index is 12.7. The average molecular weight is 946 g/mol. The molecule has 7 heteroatoms. The zero-order chi connectivity index (χ0) is 50.6. The number of hydrogen-bond donors (Lipinski definition) is 1. The van der Waals surface area contributed by atoms with Crippen LogP contribution in [0.1, 0.15) is 105 Å². The second-order valence-corrected chi connectivity index (χ2v) is 23.6. The van der Waals surface area contributed by atoms with Gasteiger partial charge in [-0.15, -0.1) is 0 Å². The number of pyridine rings is 1. The van der Waals surface area contributed by atoms with Crippen molar-refractivity contribution in [2.24, 2.45) is 0 Å². The number of aromatic nitrogens is 5. The Morgan fingerprint density at radius 3 is 1.75 bits per heavy atom. The number of imidazole rings is 1. The van der Waals surface area contributed by atoms with E-state index in [1.807, 2.05) is 30.3 Å². The summed E-state index contributed by atoms with van der Waals surface area (Å²) in [6, 6.07) is 55.5. The molecular formula is C65H63N5O2. The van der Waals surface area contributed by atoms with Gasteiger partial charge in [0.15, 0.2) is 5.58 Å². The molecule has 4 heterocycles. The second-order valence-electron chi connectivity index (χ2n) is 23.6. The minimum absolute atomic E-state index is 0.0973. The van der Waals surface area contributed by atoms with Crippen LogP contribution >= 0.6 is 0 Å². The summed E-state index contributed by atoms with van der Waals surface area (Å²) >= 11 is 0. The van der Waals surface area contributed by atoms with Gasteiger partial charge >= 0.3 is 0 Å². The van der Waals surface area contributed by atoms with E-state index in [0.29, 0.717) is 17.3 Å². The fourth-order valence-corrected chi connectivity index (χ4v) is 10.1. The molecule has 360 valence electrons. The molecule has 7 nitrogen and oxygen atoms in total. The maximum Gasteiger partial charge on any atom is 0.227 e. The molecule has 0 bridgehead atoms. The Labute approximate surface area is 422 Å². The Bertz CT molecular complexity index is 3900. The SMILES string of the molecule is CC(C)(C)c1cc(-c2cccc3c2nc(-c2cc(C(C)(C)C)cc(C(C)(C)C)c2O)n3-c2ccc(C(C)(C)C)cc2-c2ccccc2)nc(-n2c3ccccc3c3cc4oc(-c5ccccc5)nc4cc32)c1. The first kappa shape index (κ1) is 46.6. The van der Waals surface area contributed by atoms with Crippen LogP contribution in [0.2, 0.25) is 0 Å². The number of hydrogen-bond acceptors (Lipinski definition) is 5. The molecule has 0 saturated heterocycles. The van der Waals surface area contributed by atoms with Crippen LogP contribution in [-0.2, 0) is 21.7 Å². The van der Waals surface area contributed by atoms with Crippen molar-refractivity contribution in [2.45, 2.75) is 105 Å². The predicted octanol–water partition coefficient (Wildman–Crippen LogP) is 17.2. The fraction of sp³-hybridized carbons (Fsp3) is 0.246. The first-order valence-corrected chi connectivity index (χ1v) is 25.2. The number of benzene rings is 7. The summed E-state index contributed by atoms with van der Waals surface area (Å²) in [6.07, 6.45) is 0. The van der Waals surface area contributed by atoms with E-state index in [9.17, 15) is 5.11 Å². The summed E-state index contributed by atoms with van der Waals surface area (Å²) in [5, 5.41) is 14.8. The lowest BCUT2D eigenvalue weighted by molar-refractivity contribution is 0.446. The molecule has 0 fully saturated rings. The Kier molecular flexibility index (Phi) is 10.8. The molecule has 72 heavy (non-hydrogen) atoms. The van der Waals surface area contributed by atoms with Crippen LogP contribution in [0.15, 0.2) is 162 Å². The molecule has 4 aromatic heterocycles. The third-order valence-corrected chi connectivity index (χ3v) is 14.3. The van der Waals surface area contributed by atoms with Gasteiger partial charge in [0.1, 0.15) is 22.9 Å². The zero-order valence-electron chi connectivity index (χ0n) is 43.6. The van der Waals surface area contributed by atoms with Crippen LogP contribution in [0, 0.1) is 0 Å². The fourth-order valence-electron chi connectivity index (χ4n) is 10.1. The molecule has 0 atom stereocenters. The lowest BCUT2D eigenvalue weighted by Crippen LogP contribution is -2.17. The summed E-state index contributed by atoms with van der Waals surface area (Å²) in [7, 11) is 0. The van der Waals surface area contributed by atoms with E-state index in [1.165, 1.54) is 5.56 Å². The van der Waals surface area contributed by atoms with Gasteiger partial charge in [0.2, 0.25) is 5.89 Å². The van der Waals surface area contributed by atoms with E-state index >= 15 is 0 Å². The second kappa shape index (κ2) is 16.7. The van der Waals surface area contributed by atoms with Gasteiger partial charge in [-0.25, -0.2) is 15.0 Å². The first-order valence-electron chi connectivity index (χ1n) is 25.2. The van der Waals surface area contributed by atoms with Crippen molar-refractivity contribution < 1.29 is 9.52 Å². The Hall–Kier alpha value is -7.77. The van der Waals surface area contributed by atoms with Gasteiger partial charge in [0.05, 0.1) is 39.0 Å². The molecule has 1 N–H and O–H groups in total. The van der Waals surface area contributed by atoms with E-state index in [4.69, 9.17) is 19.4 Å². The maximum absolute atomic E-state index is 12.7. The summed E-state index contributed by atoms with van der Waals surface area (Å²) in [4.78, 5) is 16.4. The molecule has 0 aliphatic rings. The largest absolute Gasteiger partial charge is 0.507 e. The number of rotatable bonds is 6. The minimum Gasteiger partial charge on any atom is -0.507 e. The smallest absolute Gasteiger partial charge is 0.227 e. The highest BCUT2D eigenvalue weighted by Crippen LogP contribution is 2.46. The number of fused-ring (bicyclic) bond motifs is 5. The predicted molar refractivity (Wildman–Crippen MR) is 299 cm³/mol. The van der Waals surface area contributed by atoms with Crippen LogP contribution in [0.3, 0.4) is 0 Å². The van der Waals surface area contributed by atoms with Gasteiger partial charge in [0.25, 0.3) is 0 Å². The van der Waals surface area contributed by atoms with Crippen LogP contribution in [0.25, 0.3) is 101 Å². The van der Waals surface area contributed by atoms with E-state index in [-0.39, 0.29) is 27.4 Å². The Morgan fingerprint density at radius 1 is 0.444 bits per heavy atom. The molecule has 0 saturated carbocycles. The number of para-hydroxylation sites is 2. The standard InChI is InChI=1S/C65H63N5O2/c1-62(2,3)41-30-31-53(46(32-41)39-22-15-13-16-23-39)70-54-29-21-27-45(58(54)68-60(70)48-33-42(63(4,5)6)34-49(59(48)71)65(10,11)12)50-35-43(64(7,8)9)36-57(66-50)69-52-28-20-19-26-44(52)47-37-56-51(38-55(47)69)67-61(72-56)40-24-17-14-18-25-40/h13-38,71H,1-12H3. The number of nitrogens with zero attached hydrogens (tertiary/aromatic N) is 5. The quantitative estimate of drug-likeness (QED) is 0.180. The third-order valence-electron chi connectivity index (χ3n) is 14.3. The van der Waals surface area contributed by atoms with Crippen molar-refractivity contribution in [2.75, 3.05) is 0 Å². The molecule has 7 aromatic carbocycles. The molecule has 0 radical (unpaired) electrons. The first-order chi connectivity index (χ1) is 34.1. The zero-order valence-corrected chi connectivity index (χ0v) is 43.6. The number of aromatic hydroxyl groups is 1. The molecule has 0 spiro atoms. The minimum atomic E-state index is -0.351. The molecule has 0 amide bonds. The molecule has 11 rings (SSSR count). The highest BCUT2D eigenvalue weighted by atomic mass is 16.3. The summed E-state index contributed by atoms with van der Waals surface area (Å²) in [5.41, 5.74) is 15.1. The van der Waals surface area contributed by atoms with E-state index in [2.05, 4.69) is 220 Å². The van der Waals surface area contributed by atoms with Gasteiger partial charge in [-0.05, 0) is 111 Å². The lowest BCUT2D eigenvalue weighted by atomic mass is 9.79. The summed E-state index contributed by atoms with van der Waals surface area (Å²) in [5.74, 6) is 2.28. The van der Waals surface area contributed by atoms with E-state index in [0.717, 1.165) is 100 Å². The van der Waals surface area contributed by atoms with Crippen LogP contribution < -0.4 is 0 Å². The Morgan fingerprint density at radius 2 is 1.07 bits per heavy atom. The van der Waals surface area contributed by atoms with Crippen molar-refractivity contribution in [3.63, 3.8) is 0 Å². The van der Waals surface area contributed by atoms with Crippen LogP contribution in [0.4, 0.5) is 0 Å². The van der Waals surface area contributed by atoms with Crippen LogP contribution in [0.5, 0.6) is 5.75 Å². The van der Waals surface area contributed by atoms with Gasteiger partial charge in [-0.2, -0.15) is 0 Å². The highest BCUT2D eigenvalue weighted by Gasteiger charge is 2.31. The summed E-state index contributed by atoms with van der Waals surface area (Å²) in [6.45, 7) is 26.7. The number of oxazole rings is 1. The van der Waals surface area contributed by atoms with Gasteiger partial charge in [0, 0.05) is 33.0 Å². The van der Waals surface area contributed by atoms with Crippen molar-refractivity contribution >= 4 is 43.9 Å². The van der Waals surface area contributed by atoms with Crippen molar-refractivity contribution in [1.82, 2.24) is 24.1 Å².